The Morgan fingerprint density at radius 2 is 1.31 bits per heavy atom. The molecule has 3 aliphatic rings. The number of benzene rings is 4. The Kier molecular flexibility index (Phi) is 3.95. The van der Waals surface area contributed by atoms with Gasteiger partial charge in [0.2, 0.25) is 5.69 Å². The molecular formula is C43H28N6+2. The Labute approximate surface area is 280 Å². The molecule has 6 aromatic heterocycles. The molecule has 0 bridgehead atoms. The number of para-hydroxylation sites is 2. The van der Waals surface area contributed by atoms with E-state index in [0.717, 1.165) is 0 Å². The maximum absolute atomic E-state index is 2.63. The van der Waals surface area contributed by atoms with Crippen LogP contribution in [-0.4, -0.2) is 18.2 Å². The lowest BCUT2D eigenvalue weighted by Crippen LogP contribution is -2.77. The number of fused-ring (bicyclic) bond motifs is 11. The smallest absolute Gasteiger partial charge is 0.316 e. The van der Waals surface area contributed by atoms with Gasteiger partial charge in [0.1, 0.15) is 22.3 Å². The van der Waals surface area contributed by atoms with E-state index in [1.165, 1.54) is 100 Å². The highest BCUT2D eigenvalue weighted by molar-refractivity contribution is 6.14. The van der Waals surface area contributed by atoms with Crippen LogP contribution in [0.5, 0.6) is 0 Å². The molecule has 0 radical (unpaired) electrons. The van der Waals surface area contributed by atoms with E-state index in [1.54, 1.807) is 0 Å². The highest BCUT2D eigenvalue weighted by Gasteiger charge is 2.69. The van der Waals surface area contributed by atoms with Gasteiger partial charge in [-0.25, -0.2) is 0 Å². The molecule has 6 nitrogen and oxygen atoms in total. The van der Waals surface area contributed by atoms with Gasteiger partial charge in [-0.1, -0.05) is 47.1 Å². The van der Waals surface area contributed by atoms with Crippen LogP contribution in [0.3, 0.4) is 0 Å². The van der Waals surface area contributed by atoms with Crippen molar-refractivity contribution in [1.82, 2.24) is 18.2 Å². The van der Waals surface area contributed by atoms with Gasteiger partial charge in [0.05, 0.1) is 45.3 Å². The fourth-order valence-corrected chi connectivity index (χ4v) is 10.3. The van der Waals surface area contributed by atoms with E-state index >= 15 is 0 Å². The molecule has 3 aliphatic heterocycles. The van der Waals surface area contributed by atoms with Gasteiger partial charge in [-0.3, -0.25) is 0 Å². The summed E-state index contributed by atoms with van der Waals surface area (Å²) in [5.74, 6) is 0. The standard InChI is InChI=1S/C43H28N6/c1-25-38(34-21-19-27-11-7-8-23-44(27)34)26(2)49-43-39-35(17-9-18-37(39)48(25)49)46-32-15-5-3-12-28(32)30-20-22-36(40(43)41(30)46)47-33-16-6-4-13-29(33)31-14-10-24-45(43)42(31)47/h3-24H,1-2H3/q+2. The van der Waals surface area contributed by atoms with Crippen LogP contribution in [0.25, 0.3) is 77.6 Å². The van der Waals surface area contributed by atoms with Crippen LogP contribution in [0, 0.1) is 13.8 Å². The average Bonchev–Trinajstić information content (AvgIpc) is 3.93. The maximum Gasteiger partial charge on any atom is 0.394 e. The molecule has 9 heterocycles. The summed E-state index contributed by atoms with van der Waals surface area (Å²) in [5.41, 5.74) is 16.8. The Morgan fingerprint density at radius 1 is 0.571 bits per heavy atom. The largest absolute Gasteiger partial charge is 0.394 e. The fraction of sp³-hybridized carbons (Fsp3) is 0.0698. The lowest BCUT2D eigenvalue weighted by Gasteiger charge is -2.33. The summed E-state index contributed by atoms with van der Waals surface area (Å²) < 4.78 is 15.2. The monoisotopic (exact) mass is 628 g/mol. The molecule has 13 rings (SSSR count). The van der Waals surface area contributed by atoms with E-state index in [-0.39, 0.29) is 0 Å². The molecule has 0 saturated carbocycles. The molecule has 10 aromatic rings. The van der Waals surface area contributed by atoms with Crippen LogP contribution in [-0.2, 0) is 5.66 Å². The quantitative estimate of drug-likeness (QED) is 0.165. The summed E-state index contributed by atoms with van der Waals surface area (Å²) in [5, 5.41) is 5.11. The summed E-state index contributed by atoms with van der Waals surface area (Å²) in [6, 6.07) is 45.0. The zero-order valence-electron chi connectivity index (χ0n) is 26.9. The molecule has 0 N–H and O–H groups in total. The van der Waals surface area contributed by atoms with Crippen molar-refractivity contribution in [2.75, 3.05) is 0 Å². The SMILES string of the molecule is Cc1c(-c2ccc3ccccn23)c(C)[n+]2n1-c1cccc3c1C21c2c(ccc4c5ccccc5n-3c24)-n2c3ccccc3c3ccc[n+]1c32. The number of hydrogen-bond donors (Lipinski definition) is 0. The number of rotatable bonds is 1. The van der Waals surface area contributed by atoms with Gasteiger partial charge in [-0.15, -0.1) is 4.68 Å². The zero-order valence-corrected chi connectivity index (χ0v) is 26.9. The third kappa shape index (κ3) is 2.41. The second-order valence-corrected chi connectivity index (χ2v) is 13.9. The van der Waals surface area contributed by atoms with E-state index in [9.17, 15) is 0 Å². The Balaban J connectivity index is 1.33. The van der Waals surface area contributed by atoms with Crippen molar-refractivity contribution in [3.05, 3.63) is 156 Å². The highest BCUT2D eigenvalue weighted by atomic mass is 15.5. The zero-order chi connectivity index (χ0) is 31.9. The Morgan fingerprint density at radius 3 is 2.18 bits per heavy atom. The highest BCUT2D eigenvalue weighted by Crippen LogP contribution is 2.54. The van der Waals surface area contributed by atoms with Gasteiger partial charge in [0, 0.05) is 34.8 Å². The molecule has 228 valence electrons. The van der Waals surface area contributed by atoms with Crippen molar-refractivity contribution in [3.63, 3.8) is 0 Å². The first-order valence-corrected chi connectivity index (χ1v) is 17.1. The normalized spacial score (nSPS) is 16.4. The number of aromatic nitrogens is 6. The molecule has 1 unspecified atom stereocenters. The first-order valence-electron chi connectivity index (χ1n) is 17.1. The molecule has 4 aromatic carbocycles. The van der Waals surface area contributed by atoms with Gasteiger partial charge < -0.3 is 8.97 Å². The molecule has 6 heteroatoms. The lowest BCUT2D eigenvalue weighted by atomic mass is 9.82. The van der Waals surface area contributed by atoms with Gasteiger partial charge >= 0.3 is 11.3 Å². The second kappa shape index (κ2) is 7.83. The van der Waals surface area contributed by atoms with Gasteiger partial charge in [0.15, 0.2) is 5.69 Å². The maximum atomic E-state index is 2.63. The minimum Gasteiger partial charge on any atom is -0.316 e. The summed E-state index contributed by atoms with van der Waals surface area (Å²) >= 11 is 0. The predicted molar refractivity (Wildman–Crippen MR) is 192 cm³/mol. The lowest BCUT2D eigenvalue weighted by molar-refractivity contribution is -0.989. The van der Waals surface area contributed by atoms with Crippen molar-refractivity contribution in [3.8, 4) is 28.3 Å². The van der Waals surface area contributed by atoms with Crippen molar-refractivity contribution in [2.45, 2.75) is 19.5 Å². The molecule has 0 amide bonds. The molecule has 1 spiro atoms. The van der Waals surface area contributed by atoms with Gasteiger partial charge in [-0.05, 0) is 85.8 Å². The van der Waals surface area contributed by atoms with E-state index < -0.39 is 5.66 Å². The fourth-order valence-electron chi connectivity index (χ4n) is 10.3. The molecule has 1 atom stereocenters. The van der Waals surface area contributed by atoms with Crippen LogP contribution >= 0.6 is 0 Å². The summed E-state index contributed by atoms with van der Waals surface area (Å²) in [7, 11) is 0. The predicted octanol–water partition coefficient (Wildman–Crippen LogP) is 8.02. The van der Waals surface area contributed by atoms with E-state index in [4.69, 9.17) is 0 Å². The van der Waals surface area contributed by atoms with Crippen molar-refractivity contribution < 1.29 is 9.25 Å². The average molecular weight is 629 g/mol. The van der Waals surface area contributed by atoms with E-state index in [1.807, 2.05) is 0 Å². The first-order chi connectivity index (χ1) is 24.2. The third-order valence-electron chi connectivity index (χ3n) is 11.9. The first kappa shape index (κ1) is 24.7. The van der Waals surface area contributed by atoms with Crippen LogP contribution < -0.4 is 9.25 Å². The summed E-state index contributed by atoms with van der Waals surface area (Å²) in [6.07, 6.45) is 4.52. The summed E-state index contributed by atoms with van der Waals surface area (Å²) in [4.78, 5) is 0. The van der Waals surface area contributed by atoms with Crippen molar-refractivity contribution in [2.24, 2.45) is 0 Å². The minimum absolute atomic E-state index is 0.671. The third-order valence-corrected chi connectivity index (χ3v) is 11.9. The van der Waals surface area contributed by atoms with Crippen LogP contribution in [0.4, 0.5) is 0 Å². The van der Waals surface area contributed by atoms with E-state index in [2.05, 4.69) is 175 Å². The van der Waals surface area contributed by atoms with Crippen molar-refractivity contribution in [1.29, 1.82) is 0 Å². The molecule has 0 aliphatic carbocycles. The summed E-state index contributed by atoms with van der Waals surface area (Å²) in [6.45, 7) is 4.63. The molecule has 0 fully saturated rings. The number of hydrogen-bond acceptors (Lipinski definition) is 0. The van der Waals surface area contributed by atoms with Crippen LogP contribution in [0.1, 0.15) is 22.5 Å². The van der Waals surface area contributed by atoms with Gasteiger partial charge in [0.25, 0.3) is 0 Å². The van der Waals surface area contributed by atoms with Gasteiger partial charge in [-0.2, -0.15) is 9.13 Å². The molecule has 49 heavy (non-hydrogen) atoms. The second-order valence-electron chi connectivity index (χ2n) is 13.9. The Hall–Kier alpha value is -6.40. The molecule has 0 saturated heterocycles. The number of nitrogens with zero attached hydrogens (tertiary/aromatic N) is 6. The van der Waals surface area contributed by atoms with E-state index in [0.29, 0.717) is 0 Å². The van der Waals surface area contributed by atoms with Crippen molar-refractivity contribution >= 4 is 49.3 Å². The number of pyridine rings is 2. The minimum atomic E-state index is -0.671. The topological polar surface area (TPSA) is 27.0 Å². The van der Waals surface area contributed by atoms with Crippen LogP contribution in [0.2, 0.25) is 0 Å². The Bertz CT molecular complexity index is 3200. The van der Waals surface area contributed by atoms with Crippen LogP contribution in [0.15, 0.2) is 134 Å². The molecular weight excluding hydrogens is 601 g/mol.